The molecule has 124 valence electrons. The van der Waals surface area contributed by atoms with Crippen molar-refractivity contribution >= 4 is 27.5 Å². The molecule has 0 saturated heterocycles. The summed E-state index contributed by atoms with van der Waals surface area (Å²) in [5, 5.41) is 7.43. The zero-order valence-corrected chi connectivity index (χ0v) is 14.3. The molecular formula is C18H15N5OS. The number of aromatic nitrogens is 4. The van der Waals surface area contributed by atoms with Crippen LogP contribution in [0.5, 0.6) is 0 Å². The molecule has 0 radical (unpaired) electrons. The second-order valence-electron chi connectivity index (χ2n) is 5.60. The van der Waals surface area contributed by atoms with Crippen LogP contribution in [0.2, 0.25) is 0 Å². The molecule has 0 aliphatic rings. The Morgan fingerprint density at radius 3 is 3.04 bits per heavy atom. The largest absolute Gasteiger partial charge is 0.346 e. The summed E-state index contributed by atoms with van der Waals surface area (Å²) < 4.78 is 2.78. The number of nitrogens with zero attached hydrogens (tertiary/aromatic N) is 4. The number of hydrogen-bond acceptors (Lipinski definition) is 5. The van der Waals surface area contributed by atoms with Gasteiger partial charge >= 0.3 is 0 Å². The minimum atomic E-state index is -0.112. The van der Waals surface area contributed by atoms with Crippen molar-refractivity contribution in [2.45, 2.75) is 6.54 Å². The fourth-order valence-electron chi connectivity index (χ4n) is 2.60. The molecule has 7 heteroatoms. The minimum absolute atomic E-state index is 0.112. The van der Waals surface area contributed by atoms with E-state index in [2.05, 4.69) is 20.4 Å². The van der Waals surface area contributed by atoms with E-state index in [1.807, 2.05) is 37.4 Å². The van der Waals surface area contributed by atoms with Gasteiger partial charge in [-0.25, -0.2) is 4.98 Å². The van der Waals surface area contributed by atoms with E-state index in [0.717, 1.165) is 27.2 Å². The third kappa shape index (κ3) is 3.14. The van der Waals surface area contributed by atoms with E-state index in [1.54, 1.807) is 28.7 Å². The smallest absolute Gasteiger partial charge is 0.251 e. The van der Waals surface area contributed by atoms with Crippen LogP contribution in [0.3, 0.4) is 0 Å². The van der Waals surface area contributed by atoms with Crippen LogP contribution in [0.1, 0.15) is 16.1 Å². The fourth-order valence-corrected chi connectivity index (χ4v) is 3.31. The number of benzene rings is 1. The summed E-state index contributed by atoms with van der Waals surface area (Å²) in [5.74, 6) is -0.112. The zero-order chi connectivity index (χ0) is 17.2. The van der Waals surface area contributed by atoms with Crippen LogP contribution < -0.4 is 5.32 Å². The molecular weight excluding hydrogens is 334 g/mol. The van der Waals surface area contributed by atoms with E-state index < -0.39 is 0 Å². The van der Waals surface area contributed by atoms with Crippen molar-refractivity contribution < 1.29 is 4.79 Å². The van der Waals surface area contributed by atoms with Crippen molar-refractivity contribution in [1.82, 2.24) is 25.1 Å². The molecule has 0 bridgehead atoms. The van der Waals surface area contributed by atoms with Crippen LogP contribution in [-0.4, -0.2) is 25.7 Å². The Hall–Kier alpha value is -3.06. The summed E-state index contributed by atoms with van der Waals surface area (Å²) in [5.41, 5.74) is 6.03. The predicted octanol–water partition coefficient (Wildman–Crippen LogP) is 3.02. The van der Waals surface area contributed by atoms with Crippen LogP contribution in [0.25, 0.3) is 21.5 Å². The molecule has 0 aliphatic heterocycles. The van der Waals surface area contributed by atoms with Crippen molar-refractivity contribution in [3.8, 4) is 11.3 Å². The van der Waals surface area contributed by atoms with Crippen molar-refractivity contribution in [1.29, 1.82) is 0 Å². The second kappa shape index (κ2) is 6.45. The first-order chi connectivity index (χ1) is 12.2. The van der Waals surface area contributed by atoms with E-state index in [-0.39, 0.29) is 5.91 Å². The number of aryl methyl sites for hydroxylation is 1. The number of carbonyl (C=O) groups is 1. The molecule has 4 aromatic rings. The first-order valence-corrected chi connectivity index (χ1v) is 8.63. The van der Waals surface area contributed by atoms with Gasteiger partial charge in [0.25, 0.3) is 5.91 Å². The second-order valence-corrected chi connectivity index (χ2v) is 6.49. The molecule has 0 fully saturated rings. The summed E-state index contributed by atoms with van der Waals surface area (Å²) in [4.78, 5) is 20.7. The maximum atomic E-state index is 12.4. The molecule has 6 nitrogen and oxygen atoms in total. The van der Waals surface area contributed by atoms with Gasteiger partial charge in [-0.05, 0) is 36.4 Å². The summed E-state index contributed by atoms with van der Waals surface area (Å²) in [6.45, 7) is 0.406. The molecule has 0 spiro atoms. The number of pyridine rings is 1. The molecule has 0 aliphatic carbocycles. The molecule has 0 saturated carbocycles. The third-order valence-electron chi connectivity index (χ3n) is 3.96. The van der Waals surface area contributed by atoms with Gasteiger partial charge in [-0.3, -0.25) is 14.5 Å². The van der Waals surface area contributed by atoms with Crippen LogP contribution in [0.15, 0.2) is 54.3 Å². The molecule has 3 aromatic heterocycles. The maximum absolute atomic E-state index is 12.4. The molecule has 0 atom stereocenters. The number of rotatable bonds is 4. The van der Waals surface area contributed by atoms with Gasteiger partial charge in [0.05, 0.1) is 33.7 Å². The number of nitrogens with one attached hydrogen (secondary N) is 1. The number of fused-ring (bicyclic) bond motifs is 1. The van der Waals surface area contributed by atoms with Gasteiger partial charge in [-0.15, -0.1) is 11.3 Å². The number of hydrogen-bond donors (Lipinski definition) is 1. The molecule has 0 unspecified atom stereocenters. The monoisotopic (exact) mass is 349 g/mol. The van der Waals surface area contributed by atoms with Crippen molar-refractivity contribution in [3.63, 3.8) is 0 Å². The maximum Gasteiger partial charge on any atom is 0.251 e. The van der Waals surface area contributed by atoms with Gasteiger partial charge in [-0.2, -0.15) is 5.10 Å². The Labute approximate surface area is 148 Å². The van der Waals surface area contributed by atoms with Crippen LogP contribution in [0.4, 0.5) is 0 Å². The lowest BCUT2D eigenvalue weighted by Gasteiger charge is -2.05. The summed E-state index contributed by atoms with van der Waals surface area (Å²) in [6, 6.07) is 11.3. The Morgan fingerprint density at radius 2 is 2.20 bits per heavy atom. The Kier molecular flexibility index (Phi) is 3.99. The molecule has 3 heterocycles. The molecule has 1 aromatic carbocycles. The van der Waals surface area contributed by atoms with E-state index >= 15 is 0 Å². The number of carbonyl (C=O) groups excluding carboxylic acids is 1. The van der Waals surface area contributed by atoms with Crippen LogP contribution in [0, 0.1) is 0 Å². The highest BCUT2D eigenvalue weighted by Crippen LogP contribution is 2.20. The molecule has 4 rings (SSSR count). The Morgan fingerprint density at radius 1 is 1.28 bits per heavy atom. The summed E-state index contributed by atoms with van der Waals surface area (Å²) in [7, 11) is 1.87. The van der Waals surface area contributed by atoms with Crippen molar-refractivity contribution in [2.75, 3.05) is 0 Å². The minimum Gasteiger partial charge on any atom is -0.346 e. The predicted molar refractivity (Wildman–Crippen MR) is 97.2 cm³/mol. The average molecular weight is 349 g/mol. The average Bonchev–Trinajstić information content (AvgIpc) is 3.26. The summed E-state index contributed by atoms with van der Waals surface area (Å²) in [6.07, 6.45) is 3.50. The molecule has 1 amide bonds. The van der Waals surface area contributed by atoms with Crippen LogP contribution in [-0.2, 0) is 13.6 Å². The van der Waals surface area contributed by atoms with Gasteiger partial charge in [0.15, 0.2) is 0 Å². The lowest BCUT2D eigenvalue weighted by atomic mass is 10.2. The van der Waals surface area contributed by atoms with E-state index in [4.69, 9.17) is 0 Å². The van der Waals surface area contributed by atoms with Crippen molar-refractivity contribution in [3.05, 3.63) is 65.6 Å². The van der Waals surface area contributed by atoms with E-state index in [0.29, 0.717) is 12.1 Å². The molecule has 1 N–H and O–H groups in total. The number of amides is 1. The third-order valence-corrected chi connectivity index (χ3v) is 4.75. The highest BCUT2D eigenvalue weighted by Gasteiger charge is 2.11. The van der Waals surface area contributed by atoms with Gasteiger partial charge in [0.1, 0.15) is 0 Å². The zero-order valence-electron chi connectivity index (χ0n) is 13.5. The lowest BCUT2D eigenvalue weighted by molar-refractivity contribution is 0.0950. The van der Waals surface area contributed by atoms with Gasteiger partial charge < -0.3 is 5.32 Å². The summed E-state index contributed by atoms with van der Waals surface area (Å²) >= 11 is 1.53. The first kappa shape index (κ1) is 15.5. The topological polar surface area (TPSA) is 72.7 Å². The Balaban J connectivity index is 1.49. The first-order valence-electron chi connectivity index (χ1n) is 7.75. The van der Waals surface area contributed by atoms with E-state index in [1.165, 1.54) is 11.3 Å². The quantitative estimate of drug-likeness (QED) is 0.615. The molecule has 25 heavy (non-hydrogen) atoms. The standard InChI is InChI=1S/C18H15N5OS/c1-23-14(8-16(22-23)13-3-2-6-19-9-13)10-20-18(24)12-4-5-15-17(7-12)25-11-21-15/h2-9,11H,10H2,1H3,(H,20,24). The van der Waals surface area contributed by atoms with Crippen LogP contribution >= 0.6 is 11.3 Å². The fraction of sp³-hybridized carbons (Fsp3) is 0.111. The highest BCUT2D eigenvalue weighted by molar-refractivity contribution is 7.16. The van der Waals surface area contributed by atoms with Gasteiger partial charge in [-0.1, -0.05) is 0 Å². The Bertz CT molecular complexity index is 1040. The normalized spacial score (nSPS) is 10.9. The van der Waals surface area contributed by atoms with Gasteiger partial charge in [0.2, 0.25) is 0 Å². The van der Waals surface area contributed by atoms with Crippen molar-refractivity contribution in [2.24, 2.45) is 7.05 Å². The van der Waals surface area contributed by atoms with Gasteiger partial charge in [0, 0.05) is 30.6 Å². The lowest BCUT2D eigenvalue weighted by Crippen LogP contribution is -2.23. The number of thiazole rings is 1. The highest BCUT2D eigenvalue weighted by atomic mass is 32.1. The SMILES string of the molecule is Cn1nc(-c2cccnc2)cc1CNC(=O)c1ccc2ncsc2c1. The van der Waals surface area contributed by atoms with E-state index in [9.17, 15) is 4.79 Å².